The van der Waals surface area contributed by atoms with E-state index < -0.39 is 0 Å². The van der Waals surface area contributed by atoms with Gasteiger partial charge in [0, 0.05) is 11.8 Å². The van der Waals surface area contributed by atoms with E-state index in [-0.39, 0.29) is 5.56 Å². The molecule has 0 aliphatic heterocycles. The van der Waals surface area contributed by atoms with Crippen molar-refractivity contribution >= 4 is 22.8 Å². The van der Waals surface area contributed by atoms with Gasteiger partial charge in [0.25, 0.3) is 5.56 Å². The fraction of sp³-hybridized carbons (Fsp3) is 0.200. The van der Waals surface area contributed by atoms with Crippen LogP contribution in [0.1, 0.15) is 11.3 Å². The first kappa shape index (κ1) is 18.2. The summed E-state index contributed by atoms with van der Waals surface area (Å²) < 4.78 is 7.46. The van der Waals surface area contributed by atoms with E-state index in [0.29, 0.717) is 29.8 Å². The molecule has 0 amide bonds. The average molecular weight is 393 g/mol. The summed E-state index contributed by atoms with van der Waals surface area (Å²) in [7, 11) is 0. The predicted octanol–water partition coefficient (Wildman–Crippen LogP) is 3.04. The number of thioether (sulfide) groups is 1. The third kappa shape index (κ3) is 4.40. The van der Waals surface area contributed by atoms with Crippen molar-refractivity contribution < 1.29 is 4.74 Å². The average Bonchev–Trinajstić information content (AvgIpc) is 3.09. The topological polar surface area (TPSA) is 85.7 Å². The second kappa shape index (κ2) is 8.26. The van der Waals surface area contributed by atoms with Crippen LogP contribution in [0.3, 0.4) is 0 Å². The first-order chi connectivity index (χ1) is 13.7. The van der Waals surface area contributed by atoms with E-state index in [1.54, 1.807) is 4.68 Å². The Morgan fingerprint density at radius 1 is 1.14 bits per heavy atom. The summed E-state index contributed by atoms with van der Waals surface area (Å²) >= 11 is 1.45. The summed E-state index contributed by atoms with van der Waals surface area (Å²) in [5.41, 5.74) is 3.37. The second-order valence-corrected chi connectivity index (χ2v) is 7.37. The Balaban J connectivity index is 1.39. The standard InChI is InChI=1S/C20H19N5O2S/c1-14-6-8-16(9-7-14)27-10-11-28-20-21-15(12-19(26)22-20)13-25-18-5-3-2-4-17(18)23-24-25/h2-9,12H,10-11,13H2,1H3,(H,21,22,26). The maximum absolute atomic E-state index is 12.0. The third-order valence-corrected chi connectivity index (χ3v) is 4.95. The largest absolute Gasteiger partial charge is 0.493 e. The minimum Gasteiger partial charge on any atom is -0.493 e. The molecule has 1 N–H and O–H groups in total. The van der Waals surface area contributed by atoms with Crippen LogP contribution in [0, 0.1) is 6.92 Å². The lowest BCUT2D eigenvalue weighted by molar-refractivity contribution is 0.344. The van der Waals surface area contributed by atoms with Crippen LogP contribution >= 0.6 is 11.8 Å². The van der Waals surface area contributed by atoms with Gasteiger partial charge in [0.05, 0.1) is 24.4 Å². The van der Waals surface area contributed by atoms with Crippen molar-refractivity contribution in [1.29, 1.82) is 0 Å². The highest BCUT2D eigenvalue weighted by molar-refractivity contribution is 7.99. The molecule has 8 heteroatoms. The molecular weight excluding hydrogens is 374 g/mol. The van der Waals surface area contributed by atoms with Crippen molar-refractivity contribution in [3.63, 3.8) is 0 Å². The summed E-state index contributed by atoms with van der Waals surface area (Å²) in [6.07, 6.45) is 0. The van der Waals surface area contributed by atoms with E-state index in [2.05, 4.69) is 20.3 Å². The SMILES string of the molecule is Cc1ccc(OCCSc2nc(Cn3nnc4ccccc43)cc(=O)[nH]2)cc1. The van der Waals surface area contributed by atoms with Crippen LogP contribution in [0.4, 0.5) is 0 Å². The molecule has 2 heterocycles. The van der Waals surface area contributed by atoms with Gasteiger partial charge >= 0.3 is 0 Å². The van der Waals surface area contributed by atoms with Gasteiger partial charge in [-0.05, 0) is 31.2 Å². The zero-order valence-electron chi connectivity index (χ0n) is 15.3. The van der Waals surface area contributed by atoms with Crippen LogP contribution in [-0.2, 0) is 6.54 Å². The molecule has 0 radical (unpaired) electrons. The number of aromatic amines is 1. The lowest BCUT2D eigenvalue weighted by Crippen LogP contribution is -2.13. The van der Waals surface area contributed by atoms with Gasteiger partial charge in [-0.3, -0.25) is 4.79 Å². The number of aromatic nitrogens is 5. The summed E-state index contributed by atoms with van der Waals surface area (Å²) in [4.78, 5) is 19.3. The molecule has 0 aliphatic carbocycles. The number of nitrogens with zero attached hydrogens (tertiary/aromatic N) is 4. The first-order valence-electron chi connectivity index (χ1n) is 8.88. The van der Waals surface area contributed by atoms with Gasteiger partial charge in [-0.1, -0.05) is 46.8 Å². The molecule has 4 aromatic rings. The minimum absolute atomic E-state index is 0.184. The van der Waals surface area contributed by atoms with Crippen molar-refractivity contribution in [3.8, 4) is 5.75 Å². The molecule has 7 nitrogen and oxygen atoms in total. The fourth-order valence-corrected chi connectivity index (χ4v) is 3.47. The van der Waals surface area contributed by atoms with Gasteiger partial charge in [0.15, 0.2) is 5.16 Å². The Hall–Kier alpha value is -3.13. The van der Waals surface area contributed by atoms with Gasteiger partial charge in [0.1, 0.15) is 11.3 Å². The molecule has 0 spiro atoms. The van der Waals surface area contributed by atoms with Crippen molar-refractivity contribution in [2.24, 2.45) is 0 Å². The molecule has 142 valence electrons. The molecule has 0 saturated heterocycles. The number of para-hydroxylation sites is 1. The normalized spacial score (nSPS) is 11.0. The highest BCUT2D eigenvalue weighted by atomic mass is 32.2. The predicted molar refractivity (Wildman–Crippen MR) is 109 cm³/mol. The number of nitrogens with one attached hydrogen (secondary N) is 1. The van der Waals surface area contributed by atoms with Gasteiger partial charge in [-0.25, -0.2) is 9.67 Å². The molecule has 0 bridgehead atoms. The number of ether oxygens (including phenoxy) is 1. The molecule has 28 heavy (non-hydrogen) atoms. The van der Waals surface area contributed by atoms with Crippen molar-refractivity contribution in [2.75, 3.05) is 12.4 Å². The number of hydrogen-bond donors (Lipinski definition) is 1. The summed E-state index contributed by atoms with van der Waals surface area (Å²) in [5, 5.41) is 8.85. The van der Waals surface area contributed by atoms with E-state index in [1.165, 1.54) is 23.4 Å². The second-order valence-electron chi connectivity index (χ2n) is 6.29. The zero-order valence-corrected chi connectivity index (χ0v) is 16.1. The van der Waals surface area contributed by atoms with Crippen LogP contribution in [0.5, 0.6) is 5.75 Å². The Morgan fingerprint density at radius 3 is 2.82 bits per heavy atom. The number of fused-ring (bicyclic) bond motifs is 1. The third-order valence-electron chi connectivity index (χ3n) is 4.12. The van der Waals surface area contributed by atoms with Crippen LogP contribution in [-0.4, -0.2) is 37.3 Å². The quantitative estimate of drug-likeness (QED) is 0.295. The van der Waals surface area contributed by atoms with Crippen molar-refractivity contribution in [2.45, 2.75) is 18.6 Å². The molecule has 2 aromatic heterocycles. The summed E-state index contributed by atoms with van der Waals surface area (Å²) in [6.45, 7) is 2.95. The maximum atomic E-state index is 12.0. The summed E-state index contributed by atoms with van der Waals surface area (Å²) in [5.74, 6) is 1.51. The Kier molecular flexibility index (Phi) is 5.38. The number of aryl methyl sites for hydroxylation is 1. The van der Waals surface area contributed by atoms with Gasteiger partial charge < -0.3 is 9.72 Å². The molecule has 0 aliphatic rings. The number of rotatable bonds is 7. The fourth-order valence-electron chi connectivity index (χ4n) is 2.75. The van der Waals surface area contributed by atoms with E-state index in [9.17, 15) is 4.79 Å². The molecule has 0 saturated carbocycles. The van der Waals surface area contributed by atoms with Gasteiger partial charge in [-0.15, -0.1) is 5.10 Å². The van der Waals surface area contributed by atoms with Crippen LogP contribution in [0.15, 0.2) is 64.5 Å². The van der Waals surface area contributed by atoms with E-state index in [0.717, 1.165) is 16.8 Å². The monoisotopic (exact) mass is 393 g/mol. The van der Waals surface area contributed by atoms with E-state index in [1.807, 2.05) is 55.5 Å². The van der Waals surface area contributed by atoms with Gasteiger partial charge in [0.2, 0.25) is 0 Å². The van der Waals surface area contributed by atoms with Crippen LogP contribution < -0.4 is 10.3 Å². The van der Waals surface area contributed by atoms with Crippen molar-refractivity contribution in [3.05, 3.63) is 76.2 Å². The van der Waals surface area contributed by atoms with Crippen LogP contribution in [0.25, 0.3) is 11.0 Å². The highest BCUT2D eigenvalue weighted by Crippen LogP contribution is 2.16. The molecule has 2 aromatic carbocycles. The molecular formula is C20H19N5O2S. The Bertz CT molecular complexity index is 1140. The molecule has 0 atom stereocenters. The molecule has 0 fully saturated rings. The summed E-state index contributed by atoms with van der Waals surface area (Å²) in [6, 6.07) is 17.1. The van der Waals surface area contributed by atoms with Crippen molar-refractivity contribution in [1.82, 2.24) is 25.0 Å². The van der Waals surface area contributed by atoms with E-state index >= 15 is 0 Å². The number of benzene rings is 2. The van der Waals surface area contributed by atoms with Crippen LogP contribution in [0.2, 0.25) is 0 Å². The Labute approximate surface area is 165 Å². The minimum atomic E-state index is -0.184. The number of H-pyrrole nitrogens is 1. The first-order valence-corrected chi connectivity index (χ1v) is 9.87. The maximum Gasteiger partial charge on any atom is 0.251 e. The Morgan fingerprint density at radius 2 is 1.96 bits per heavy atom. The van der Waals surface area contributed by atoms with Gasteiger partial charge in [-0.2, -0.15) is 0 Å². The zero-order chi connectivity index (χ0) is 19.3. The smallest absolute Gasteiger partial charge is 0.251 e. The lowest BCUT2D eigenvalue weighted by Gasteiger charge is -2.07. The van der Waals surface area contributed by atoms with E-state index in [4.69, 9.17) is 4.74 Å². The highest BCUT2D eigenvalue weighted by Gasteiger charge is 2.08. The molecule has 4 rings (SSSR count). The number of hydrogen-bond acceptors (Lipinski definition) is 6. The lowest BCUT2D eigenvalue weighted by atomic mass is 10.2. The molecule has 0 unspecified atom stereocenters.